The number of nitriles is 1. The van der Waals surface area contributed by atoms with Crippen LogP contribution in [-0.2, 0) is 11.2 Å². The molecule has 0 spiro atoms. The predicted molar refractivity (Wildman–Crippen MR) is 141 cm³/mol. The molecule has 3 aromatic heterocycles. The molecule has 1 aromatic carbocycles. The van der Waals surface area contributed by atoms with Crippen LogP contribution in [0.1, 0.15) is 24.0 Å². The first-order chi connectivity index (χ1) is 18.1. The number of aliphatic imine (C=N–C) groups is 1. The summed E-state index contributed by atoms with van der Waals surface area (Å²) in [5, 5.41) is 10.0. The van der Waals surface area contributed by atoms with E-state index < -0.39 is 5.92 Å². The number of aromatic nitrogens is 4. The molecular weight excluding hydrogens is 462 g/mol. The van der Waals surface area contributed by atoms with Crippen LogP contribution in [0.3, 0.4) is 0 Å². The van der Waals surface area contributed by atoms with Crippen LogP contribution in [0.2, 0.25) is 0 Å². The van der Waals surface area contributed by atoms with Gasteiger partial charge in [0.25, 0.3) is 0 Å². The normalized spacial score (nSPS) is 15.9. The van der Waals surface area contributed by atoms with Crippen molar-refractivity contribution in [2.75, 3.05) is 7.05 Å². The van der Waals surface area contributed by atoms with E-state index in [-0.39, 0.29) is 5.88 Å². The molecule has 4 aromatic rings. The number of rotatable bonds is 6. The first-order valence-corrected chi connectivity index (χ1v) is 11.8. The molecule has 37 heavy (non-hydrogen) atoms. The van der Waals surface area contributed by atoms with Gasteiger partial charge >= 0.3 is 0 Å². The molecule has 4 heterocycles. The summed E-state index contributed by atoms with van der Waals surface area (Å²) in [5.41, 5.74) is 11.8. The second kappa shape index (κ2) is 10.3. The van der Waals surface area contributed by atoms with E-state index in [1.165, 1.54) is 0 Å². The van der Waals surface area contributed by atoms with Gasteiger partial charge in [0.2, 0.25) is 5.88 Å². The number of nitrogens with two attached hydrogens (primary N) is 1. The number of ether oxygens (including phenoxy) is 1. The van der Waals surface area contributed by atoms with Gasteiger partial charge in [-0.2, -0.15) is 5.26 Å². The molecule has 0 bridgehead atoms. The third kappa shape index (κ3) is 4.62. The first kappa shape index (κ1) is 23.7. The van der Waals surface area contributed by atoms with Gasteiger partial charge in [-0.05, 0) is 48.4 Å². The van der Waals surface area contributed by atoms with E-state index in [2.05, 4.69) is 26.0 Å². The van der Waals surface area contributed by atoms with Crippen molar-refractivity contribution in [2.45, 2.75) is 19.3 Å². The Morgan fingerprint density at radius 3 is 2.59 bits per heavy atom. The Labute approximate surface area is 215 Å². The maximum atomic E-state index is 10.0. The van der Waals surface area contributed by atoms with E-state index in [0.29, 0.717) is 17.8 Å². The molecule has 5 rings (SSSR count). The van der Waals surface area contributed by atoms with Crippen LogP contribution in [0.4, 0.5) is 0 Å². The number of allylic oxidation sites excluding steroid dienone is 3. The molecule has 1 atom stereocenters. The largest absolute Gasteiger partial charge is 0.445 e. The summed E-state index contributed by atoms with van der Waals surface area (Å²) < 4.78 is 7.80. The summed E-state index contributed by atoms with van der Waals surface area (Å²) in [4.78, 5) is 17.7. The number of pyridine rings is 2. The van der Waals surface area contributed by atoms with Crippen LogP contribution in [0, 0.1) is 11.3 Å². The lowest BCUT2D eigenvalue weighted by Gasteiger charge is -2.29. The minimum Gasteiger partial charge on any atom is -0.445 e. The maximum absolute atomic E-state index is 10.0. The Kier molecular flexibility index (Phi) is 6.60. The van der Waals surface area contributed by atoms with Crippen LogP contribution >= 0.6 is 0 Å². The van der Waals surface area contributed by atoms with Crippen molar-refractivity contribution in [1.29, 1.82) is 5.26 Å². The van der Waals surface area contributed by atoms with Gasteiger partial charge in [0, 0.05) is 61.4 Å². The summed E-state index contributed by atoms with van der Waals surface area (Å²) in [7, 11) is 1.75. The van der Waals surface area contributed by atoms with E-state index in [1.54, 1.807) is 25.6 Å². The van der Waals surface area contributed by atoms with Gasteiger partial charge in [0.1, 0.15) is 23.1 Å². The van der Waals surface area contributed by atoms with E-state index in [1.807, 2.05) is 78.5 Å². The molecule has 1 unspecified atom stereocenters. The molecule has 0 radical (unpaired) electrons. The Balaban J connectivity index is 1.54. The molecule has 8 nitrogen and oxygen atoms in total. The molecule has 0 saturated heterocycles. The summed E-state index contributed by atoms with van der Waals surface area (Å²) >= 11 is 0. The Hall–Kier alpha value is -5.03. The van der Waals surface area contributed by atoms with Crippen LogP contribution in [0.15, 0.2) is 113 Å². The van der Waals surface area contributed by atoms with Gasteiger partial charge in [0.05, 0.1) is 5.92 Å². The molecule has 182 valence electrons. The van der Waals surface area contributed by atoms with Crippen molar-refractivity contribution in [3.63, 3.8) is 0 Å². The van der Waals surface area contributed by atoms with Crippen LogP contribution < -0.4 is 5.73 Å². The standard InChI is InChI=1S/C29H25N7O/c1-19-26(25(32-2)16-20-6-5-12-33-18-20)27(23(17-30)28(31)37-19)21-8-10-22(11-9-21)36-15-14-35-29(36)24-7-3-4-13-34-24/h3-15,18,27H,16,31H2,1-2H3. The zero-order valence-electron chi connectivity index (χ0n) is 20.5. The van der Waals surface area contributed by atoms with Crippen LogP contribution in [0.5, 0.6) is 0 Å². The Morgan fingerprint density at radius 1 is 1.08 bits per heavy atom. The molecule has 1 aliphatic heterocycles. The third-order valence-corrected chi connectivity index (χ3v) is 6.32. The SMILES string of the molecule is CN=C(Cc1cccnc1)C1=C(C)OC(N)=C(C#N)C1c1ccc(-n2ccnc2-c2ccccn2)cc1. The fraction of sp³-hybridized carbons (Fsp3) is 0.138. The highest BCUT2D eigenvalue weighted by Crippen LogP contribution is 2.40. The average molecular weight is 488 g/mol. The summed E-state index contributed by atoms with van der Waals surface area (Å²) in [6.45, 7) is 1.86. The Morgan fingerprint density at radius 2 is 1.92 bits per heavy atom. The number of nitrogens with zero attached hydrogens (tertiary/aromatic N) is 6. The van der Waals surface area contributed by atoms with Gasteiger partial charge in [-0.15, -0.1) is 0 Å². The highest BCUT2D eigenvalue weighted by atomic mass is 16.5. The first-order valence-electron chi connectivity index (χ1n) is 11.8. The molecule has 0 amide bonds. The monoisotopic (exact) mass is 487 g/mol. The van der Waals surface area contributed by atoms with Gasteiger partial charge in [-0.25, -0.2) is 4.98 Å². The predicted octanol–water partition coefficient (Wildman–Crippen LogP) is 4.72. The van der Waals surface area contributed by atoms with Crippen molar-refractivity contribution in [1.82, 2.24) is 19.5 Å². The number of hydrogen-bond acceptors (Lipinski definition) is 7. The minimum atomic E-state index is -0.416. The Bertz CT molecular complexity index is 1540. The highest BCUT2D eigenvalue weighted by Gasteiger charge is 2.34. The van der Waals surface area contributed by atoms with E-state index in [9.17, 15) is 5.26 Å². The average Bonchev–Trinajstić information content (AvgIpc) is 3.43. The summed E-state index contributed by atoms with van der Waals surface area (Å²) in [5.74, 6) is 1.07. The maximum Gasteiger partial charge on any atom is 0.205 e. The van der Waals surface area contributed by atoms with Crippen molar-refractivity contribution in [3.05, 3.63) is 119 Å². The molecular formula is C29H25N7O. The zero-order valence-corrected chi connectivity index (χ0v) is 20.5. The van der Waals surface area contributed by atoms with E-state index in [4.69, 9.17) is 10.5 Å². The lowest BCUT2D eigenvalue weighted by Crippen LogP contribution is -2.25. The lowest BCUT2D eigenvalue weighted by molar-refractivity contribution is 0.283. The van der Waals surface area contributed by atoms with Crippen molar-refractivity contribution in [3.8, 4) is 23.3 Å². The van der Waals surface area contributed by atoms with Crippen molar-refractivity contribution >= 4 is 5.71 Å². The van der Waals surface area contributed by atoms with Gasteiger partial charge in [0.15, 0.2) is 5.82 Å². The number of benzene rings is 1. The smallest absolute Gasteiger partial charge is 0.205 e. The second-order valence-electron chi connectivity index (χ2n) is 8.53. The van der Waals surface area contributed by atoms with Crippen LogP contribution in [0.25, 0.3) is 17.2 Å². The zero-order chi connectivity index (χ0) is 25.8. The summed E-state index contributed by atoms with van der Waals surface area (Å²) in [6.07, 6.45) is 9.50. The van der Waals surface area contributed by atoms with E-state index in [0.717, 1.165) is 39.6 Å². The molecule has 0 saturated carbocycles. The van der Waals surface area contributed by atoms with Crippen LogP contribution in [-0.4, -0.2) is 32.3 Å². The number of hydrogen-bond donors (Lipinski definition) is 1. The number of imidazole rings is 1. The quantitative estimate of drug-likeness (QED) is 0.393. The minimum absolute atomic E-state index is 0.113. The lowest BCUT2D eigenvalue weighted by atomic mass is 9.79. The van der Waals surface area contributed by atoms with Gasteiger partial charge in [-0.3, -0.25) is 19.5 Å². The topological polar surface area (TPSA) is 115 Å². The molecule has 8 heteroatoms. The molecule has 1 aliphatic rings. The molecule has 0 fully saturated rings. The summed E-state index contributed by atoms with van der Waals surface area (Å²) in [6, 6.07) is 19.9. The fourth-order valence-corrected chi connectivity index (χ4v) is 4.60. The van der Waals surface area contributed by atoms with Gasteiger partial charge < -0.3 is 10.5 Å². The second-order valence-corrected chi connectivity index (χ2v) is 8.53. The fourth-order valence-electron chi connectivity index (χ4n) is 4.60. The highest BCUT2D eigenvalue weighted by molar-refractivity contribution is 6.04. The van der Waals surface area contributed by atoms with Crippen molar-refractivity contribution < 1.29 is 4.74 Å². The molecule has 2 N–H and O–H groups in total. The third-order valence-electron chi connectivity index (χ3n) is 6.32. The van der Waals surface area contributed by atoms with Gasteiger partial charge in [-0.1, -0.05) is 24.3 Å². The van der Waals surface area contributed by atoms with Crippen molar-refractivity contribution in [2.24, 2.45) is 10.7 Å². The van der Waals surface area contributed by atoms with E-state index >= 15 is 0 Å². The molecule has 0 aliphatic carbocycles.